The molecule has 6 fully saturated rings. The second kappa shape index (κ2) is 35.4. The summed E-state index contributed by atoms with van der Waals surface area (Å²) in [5.74, 6) is -19.4. The zero-order chi connectivity index (χ0) is 71.5. The Kier molecular flexibility index (Phi) is 27.9. The van der Waals surface area contributed by atoms with Crippen LogP contribution in [0.2, 0.25) is 0 Å². The van der Waals surface area contributed by atoms with E-state index in [0.29, 0.717) is 12.8 Å². The summed E-state index contributed by atoms with van der Waals surface area (Å²) in [7, 11) is 0. The van der Waals surface area contributed by atoms with Gasteiger partial charge in [-0.05, 0) is 116 Å². The molecule has 0 saturated carbocycles. The number of carboxylic acid groups (broad SMARTS) is 7. The maximum absolute atomic E-state index is 14.6. The Morgan fingerprint density at radius 3 is 0.649 bits per heavy atom. The third kappa shape index (κ3) is 20.7. The van der Waals surface area contributed by atoms with Gasteiger partial charge >= 0.3 is 41.8 Å². The molecule has 11 amide bonds. The topological polar surface area (TPSA) is 554 Å². The maximum atomic E-state index is 14.6. The highest BCUT2D eigenvalue weighted by atomic mass is 16.4. The van der Waals surface area contributed by atoms with Gasteiger partial charge < -0.3 is 97.5 Å². The van der Waals surface area contributed by atoms with Crippen LogP contribution in [0.25, 0.3) is 0 Å². The van der Waals surface area contributed by atoms with E-state index < -0.39 is 250 Å². The molecule has 0 aromatic rings. The minimum Gasteiger partial charge on any atom is -0.481 e. The zero-order valence-electron chi connectivity index (χ0n) is 53.4. The van der Waals surface area contributed by atoms with E-state index in [1.807, 2.05) is 0 Å². The molecule has 0 aliphatic carbocycles. The molecule has 14 N–H and O–H groups in total. The van der Waals surface area contributed by atoms with Gasteiger partial charge in [0, 0.05) is 77.8 Å². The summed E-state index contributed by atoms with van der Waals surface area (Å²) in [6, 6.07) is -17.3. The molecule has 6 aliphatic rings. The van der Waals surface area contributed by atoms with Gasteiger partial charge in [-0.3, -0.25) is 81.5 Å². The number of nitrogens with two attached hydrogens (primary N) is 1. The first-order valence-electron chi connectivity index (χ1n) is 32.5. The second-order valence-electron chi connectivity index (χ2n) is 25.0. The van der Waals surface area contributed by atoms with Crippen LogP contribution in [0.5, 0.6) is 0 Å². The number of hydrogen-bond donors (Lipinski definition) is 13. The lowest BCUT2D eigenvalue weighted by atomic mass is 10.0. The molecule has 0 aromatic carbocycles. The fourth-order valence-corrected chi connectivity index (χ4v) is 13.4. The minimum absolute atomic E-state index is 0.00266. The molecule has 6 saturated heterocycles. The van der Waals surface area contributed by atoms with Crippen molar-refractivity contribution in [2.75, 3.05) is 39.3 Å². The number of hydrogen-bond acceptors (Lipinski definition) is 19. The number of nitrogens with one attached hydrogen (secondary N) is 5. The molecule has 97 heavy (non-hydrogen) atoms. The normalized spacial score (nSPS) is 22.5. The minimum atomic E-state index is -1.69. The molecule has 6 heterocycles. The first-order valence-corrected chi connectivity index (χ1v) is 32.5. The number of carbonyl (C=O) groups excluding carboxylic acids is 11. The monoisotopic (exact) mass is 1370 g/mol. The van der Waals surface area contributed by atoms with Crippen LogP contribution < -0.4 is 32.3 Å². The van der Waals surface area contributed by atoms with Crippen LogP contribution in [0.1, 0.15) is 154 Å². The molecule has 0 bridgehead atoms. The second-order valence-corrected chi connectivity index (χ2v) is 25.0. The van der Waals surface area contributed by atoms with Gasteiger partial charge in [-0.1, -0.05) is 0 Å². The highest BCUT2D eigenvalue weighted by Crippen LogP contribution is 2.28. The van der Waals surface area contributed by atoms with E-state index >= 15 is 0 Å². The SMILES string of the molecule is N[C@@H](CCC(=O)O)C(=O)N1CCC[C@H]1C(=O)N[C@@H](CCC(=O)O)C(=O)N1CCC[C@H]1C(=O)N[C@@H](CCC(=O)O)C(=O)N1CCC[C@H]1C(=O)N[C@@H](CCC(=O)O)C(=O)N1CCC[C@H]1C(=O)N[C@@H](CCC(=O)O)C(=O)N1CCC[C@H]1C(=O)N[C@@H](CCC(=O)O)C(=O)N1CCC[C@H]1C(=O)O. The van der Waals surface area contributed by atoms with Gasteiger partial charge in [-0.15, -0.1) is 0 Å². The van der Waals surface area contributed by atoms with Crippen LogP contribution in [0.15, 0.2) is 0 Å². The first kappa shape index (κ1) is 76.4. The fraction of sp³-hybridized carbons (Fsp3) is 0.700. The van der Waals surface area contributed by atoms with E-state index in [1.54, 1.807) is 0 Å². The summed E-state index contributed by atoms with van der Waals surface area (Å²) in [5.41, 5.74) is 5.96. The van der Waals surface area contributed by atoms with Crippen molar-refractivity contribution in [2.24, 2.45) is 5.73 Å². The fourth-order valence-electron chi connectivity index (χ4n) is 13.4. The van der Waals surface area contributed by atoms with Gasteiger partial charge in [0.15, 0.2) is 0 Å². The smallest absolute Gasteiger partial charge is 0.326 e. The maximum Gasteiger partial charge on any atom is 0.326 e. The lowest BCUT2D eigenvalue weighted by molar-refractivity contribution is -0.150. The number of likely N-dealkylation sites (tertiary alicyclic amines) is 6. The Morgan fingerprint density at radius 2 is 0.454 bits per heavy atom. The van der Waals surface area contributed by atoms with E-state index in [-0.39, 0.29) is 110 Å². The molecule has 6 rings (SSSR count). The molecular formula is C60H86N12O25. The highest BCUT2D eigenvalue weighted by Gasteiger charge is 2.47. The lowest BCUT2D eigenvalue weighted by Crippen LogP contribution is -2.60. The Hall–Kier alpha value is -9.58. The predicted molar refractivity (Wildman–Crippen MR) is 325 cm³/mol. The summed E-state index contributed by atoms with van der Waals surface area (Å²) in [5, 5.41) is 79.5. The average Bonchev–Trinajstić information content (AvgIpc) is 1.74. The van der Waals surface area contributed by atoms with Crippen LogP contribution in [0.3, 0.4) is 0 Å². The van der Waals surface area contributed by atoms with E-state index in [0.717, 1.165) is 29.4 Å². The van der Waals surface area contributed by atoms with E-state index in [2.05, 4.69) is 26.6 Å². The van der Waals surface area contributed by atoms with Gasteiger partial charge in [0.1, 0.15) is 66.5 Å². The predicted octanol–water partition coefficient (Wildman–Crippen LogP) is -4.04. The summed E-state index contributed by atoms with van der Waals surface area (Å²) in [6.45, 7) is -0.419. The number of rotatable bonds is 35. The number of aliphatic carboxylic acids is 7. The number of carboxylic acids is 7. The molecule has 0 aromatic heterocycles. The third-order valence-corrected chi connectivity index (χ3v) is 18.3. The number of carbonyl (C=O) groups is 18. The largest absolute Gasteiger partial charge is 0.481 e. The Balaban J connectivity index is 1.14. The summed E-state index contributed by atoms with van der Waals surface area (Å²) in [4.78, 5) is 244. The van der Waals surface area contributed by atoms with Crippen LogP contribution in [0, 0.1) is 0 Å². The summed E-state index contributed by atoms with van der Waals surface area (Å²) in [6.07, 6.45) is -5.15. The molecule has 0 spiro atoms. The van der Waals surface area contributed by atoms with Gasteiger partial charge in [-0.2, -0.15) is 0 Å². The van der Waals surface area contributed by atoms with E-state index in [1.165, 1.54) is 0 Å². The van der Waals surface area contributed by atoms with Crippen molar-refractivity contribution in [3.05, 3.63) is 0 Å². The molecule has 0 radical (unpaired) electrons. The van der Waals surface area contributed by atoms with Crippen molar-refractivity contribution in [1.82, 2.24) is 56.0 Å². The summed E-state index contributed by atoms with van der Waals surface area (Å²) >= 11 is 0. The van der Waals surface area contributed by atoms with E-state index in [9.17, 15) is 117 Å². The molecule has 536 valence electrons. The zero-order valence-corrected chi connectivity index (χ0v) is 53.4. The number of amides is 11. The van der Waals surface area contributed by atoms with Crippen LogP contribution in [-0.2, 0) is 86.3 Å². The van der Waals surface area contributed by atoms with Gasteiger partial charge in [-0.25, -0.2) is 4.79 Å². The lowest BCUT2D eigenvalue weighted by Gasteiger charge is -2.33. The molecule has 37 heteroatoms. The van der Waals surface area contributed by atoms with E-state index in [4.69, 9.17) is 10.8 Å². The van der Waals surface area contributed by atoms with Crippen LogP contribution in [-0.4, -0.2) is 284 Å². The highest BCUT2D eigenvalue weighted by molar-refractivity contribution is 6.00. The Morgan fingerprint density at radius 1 is 0.278 bits per heavy atom. The molecule has 6 aliphatic heterocycles. The average molecular weight is 1380 g/mol. The molecule has 0 unspecified atom stereocenters. The van der Waals surface area contributed by atoms with Crippen molar-refractivity contribution in [2.45, 2.75) is 227 Å². The summed E-state index contributed by atoms with van der Waals surface area (Å²) < 4.78 is 0. The van der Waals surface area contributed by atoms with Crippen molar-refractivity contribution in [3.8, 4) is 0 Å². The van der Waals surface area contributed by atoms with Crippen LogP contribution in [0.4, 0.5) is 0 Å². The standard InChI is InChI=1S/C60H86N12O25/c61-31(13-19-43(73)74)54(90)67-25-1-7-37(67)49(85)62-32(14-20-44(75)76)55(91)68-26-2-8-38(68)50(86)63-33(15-21-45(77)78)56(92)69-27-3-9-39(69)51(87)64-34(16-22-46(79)80)57(93)70-28-4-10-40(70)52(88)65-35(17-23-47(81)82)58(94)71-29-5-11-41(71)53(89)66-36(18-24-48(83)84)59(95)72-30-6-12-42(72)60(96)97/h31-42H,1-30,61H2,(H,62,85)(H,63,86)(H,64,87)(H,65,88)(H,66,89)(H,73,74)(H,75,76)(H,77,78)(H,79,80)(H,81,82)(H,83,84)(H,96,97)/t31-,32-,33-,34-,35-,36-,37-,38-,39-,40-,41-,42-/m0/s1. The van der Waals surface area contributed by atoms with Crippen LogP contribution >= 0.6 is 0 Å². The van der Waals surface area contributed by atoms with Crippen molar-refractivity contribution < 1.29 is 122 Å². The van der Waals surface area contributed by atoms with Gasteiger partial charge in [0.05, 0.1) is 6.04 Å². The molecular weight excluding hydrogens is 1290 g/mol. The van der Waals surface area contributed by atoms with Crippen molar-refractivity contribution in [1.29, 1.82) is 0 Å². The Bertz CT molecular complexity index is 3060. The third-order valence-electron chi connectivity index (χ3n) is 18.3. The first-order chi connectivity index (χ1) is 45.9. The van der Waals surface area contributed by atoms with Gasteiger partial charge in [0.2, 0.25) is 65.0 Å². The van der Waals surface area contributed by atoms with Crippen molar-refractivity contribution >= 4 is 107 Å². The molecule has 12 atom stereocenters. The quantitative estimate of drug-likeness (QED) is 0.0287. The molecule has 37 nitrogen and oxygen atoms in total. The van der Waals surface area contributed by atoms with Gasteiger partial charge in [0.25, 0.3) is 0 Å². The Labute approximate surface area is 554 Å². The van der Waals surface area contributed by atoms with Crippen molar-refractivity contribution in [3.63, 3.8) is 0 Å². The number of nitrogens with zero attached hydrogens (tertiary/aromatic N) is 6.